The summed E-state index contributed by atoms with van der Waals surface area (Å²) < 4.78 is 26.2. The first kappa shape index (κ1) is 28.4. The minimum absolute atomic E-state index is 0.0166. The summed E-state index contributed by atoms with van der Waals surface area (Å²) in [4.78, 5) is 28.1. The van der Waals surface area contributed by atoms with Crippen LogP contribution in [0.5, 0.6) is 0 Å². The van der Waals surface area contributed by atoms with E-state index in [2.05, 4.69) is 5.32 Å². The van der Waals surface area contributed by atoms with Crippen LogP contribution in [-0.4, -0.2) is 50.0 Å². The summed E-state index contributed by atoms with van der Waals surface area (Å²) in [6.45, 7) is 8.25. The van der Waals surface area contributed by atoms with E-state index >= 15 is 0 Å². The van der Waals surface area contributed by atoms with Crippen LogP contribution in [0.1, 0.15) is 57.6 Å². The highest BCUT2D eigenvalue weighted by atomic mass is 32.2. The van der Waals surface area contributed by atoms with Crippen LogP contribution in [0.15, 0.2) is 54.6 Å². The Morgan fingerprint density at radius 3 is 2.26 bits per heavy atom. The number of nitrogens with one attached hydrogen (secondary N) is 1. The van der Waals surface area contributed by atoms with Crippen LogP contribution in [0.2, 0.25) is 0 Å². The fraction of sp³-hybridized carbons (Fsp3) is 0.481. The van der Waals surface area contributed by atoms with E-state index < -0.39 is 16.1 Å². The van der Waals surface area contributed by atoms with Crippen molar-refractivity contribution in [3.63, 3.8) is 0 Å². The molecule has 2 amide bonds. The van der Waals surface area contributed by atoms with Crippen molar-refractivity contribution in [2.45, 2.75) is 72.0 Å². The molecule has 0 aliphatic rings. The molecule has 7 nitrogen and oxygen atoms in total. The molecular formula is C27H39N3O4S. The zero-order chi connectivity index (χ0) is 26.0. The van der Waals surface area contributed by atoms with Gasteiger partial charge in [0.1, 0.15) is 6.04 Å². The van der Waals surface area contributed by atoms with E-state index in [1.807, 2.05) is 76.2 Å². The summed E-state index contributed by atoms with van der Waals surface area (Å²) in [5.41, 5.74) is 2.48. The number of aryl methyl sites for hydroxylation is 1. The van der Waals surface area contributed by atoms with Crippen LogP contribution in [0, 0.1) is 6.92 Å². The normalized spacial score (nSPS) is 13.1. The van der Waals surface area contributed by atoms with Crippen molar-refractivity contribution in [3.05, 3.63) is 65.7 Å². The Bertz CT molecular complexity index is 1070. The summed E-state index contributed by atoms with van der Waals surface area (Å²) in [6.07, 6.45) is 2.94. The summed E-state index contributed by atoms with van der Waals surface area (Å²) in [5.74, 6) is -0.332. The molecule has 2 rings (SSSR count). The molecule has 1 N–H and O–H groups in total. The van der Waals surface area contributed by atoms with Crippen molar-refractivity contribution in [2.75, 3.05) is 17.1 Å². The molecule has 2 aromatic carbocycles. The zero-order valence-corrected chi connectivity index (χ0v) is 22.3. The monoisotopic (exact) mass is 501 g/mol. The van der Waals surface area contributed by atoms with E-state index in [9.17, 15) is 18.0 Å². The van der Waals surface area contributed by atoms with Gasteiger partial charge in [0.05, 0.1) is 11.9 Å². The zero-order valence-electron chi connectivity index (χ0n) is 21.5. The van der Waals surface area contributed by atoms with Crippen LogP contribution >= 0.6 is 0 Å². The highest BCUT2D eigenvalue weighted by Crippen LogP contribution is 2.20. The molecular weight excluding hydrogens is 462 g/mol. The maximum atomic E-state index is 13.4. The van der Waals surface area contributed by atoms with Crippen molar-refractivity contribution < 1.29 is 18.0 Å². The molecule has 0 spiro atoms. The number of nitrogens with zero attached hydrogens (tertiary/aromatic N) is 2. The third-order valence-corrected chi connectivity index (χ3v) is 7.22. The number of hydrogen-bond acceptors (Lipinski definition) is 4. The van der Waals surface area contributed by atoms with Crippen molar-refractivity contribution in [2.24, 2.45) is 0 Å². The Morgan fingerprint density at radius 1 is 1.00 bits per heavy atom. The first-order chi connectivity index (χ1) is 16.6. The molecule has 0 saturated heterocycles. The van der Waals surface area contributed by atoms with Crippen LogP contribution < -0.4 is 9.62 Å². The summed E-state index contributed by atoms with van der Waals surface area (Å²) in [6, 6.07) is 16.3. The van der Waals surface area contributed by atoms with Gasteiger partial charge in [-0.1, -0.05) is 56.3 Å². The Balaban J connectivity index is 2.19. The van der Waals surface area contributed by atoms with Crippen LogP contribution in [0.3, 0.4) is 0 Å². The molecule has 0 saturated carbocycles. The molecule has 0 bridgehead atoms. The van der Waals surface area contributed by atoms with Gasteiger partial charge in [-0.3, -0.25) is 13.9 Å². The van der Waals surface area contributed by atoms with Crippen LogP contribution in [-0.2, 0) is 26.2 Å². The number of benzene rings is 2. The number of hydrogen-bond donors (Lipinski definition) is 1. The Morgan fingerprint density at radius 2 is 1.69 bits per heavy atom. The molecule has 0 aliphatic carbocycles. The first-order valence-corrected chi connectivity index (χ1v) is 14.1. The lowest BCUT2D eigenvalue weighted by Crippen LogP contribution is -2.50. The van der Waals surface area contributed by atoms with Gasteiger partial charge in [0.15, 0.2) is 0 Å². The Hall–Kier alpha value is -2.87. The number of sulfonamides is 1. The van der Waals surface area contributed by atoms with Crippen molar-refractivity contribution in [1.82, 2.24) is 10.2 Å². The molecule has 2 aromatic rings. The highest BCUT2D eigenvalue weighted by molar-refractivity contribution is 7.92. The lowest BCUT2D eigenvalue weighted by molar-refractivity contribution is -0.141. The van der Waals surface area contributed by atoms with E-state index in [1.54, 1.807) is 11.0 Å². The molecule has 192 valence electrons. The lowest BCUT2D eigenvalue weighted by atomic mass is 10.1. The van der Waals surface area contributed by atoms with Crippen molar-refractivity contribution >= 4 is 27.5 Å². The molecule has 35 heavy (non-hydrogen) atoms. The van der Waals surface area contributed by atoms with Gasteiger partial charge >= 0.3 is 0 Å². The third-order valence-electron chi connectivity index (χ3n) is 6.02. The van der Waals surface area contributed by atoms with Gasteiger partial charge < -0.3 is 10.2 Å². The minimum Gasteiger partial charge on any atom is -0.352 e. The summed E-state index contributed by atoms with van der Waals surface area (Å²) in [5, 5.41) is 3.00. The second kappa shape index (κ2) is 13.3. The highest BCUT2D eigenvalue weighted by Gasteiger charge is 2.29. The van der Waals surface area contributed by atoms with E-state index in [-0.39, 0.29) is 30.8 Å². The maximum absolute atomic E-state index is 13.4. The topological polar surface area (TPSA) is 86.8 Å². The quantitative estimate of drug-likeness (QED) is 0.444. The number of anilines is 1. The lowest BCUT2D eigenvalue weighted by Gasteiger charge is -2.32. The maximum Gasteiger partial charge on any atom is 0.243 e. The van der Waals surface area contributed by atoms with Gasteiger partial charge in [-0.2, -0.15) is 0 Å². The SMILES string of the molecule is CC[C@@H](C)NC(=O)[C@@H](CC)N(Cc1ccccc1)C(=O)CCCN(c1cccc(C)c1)S(C)(=O)=O. The van der Waals surface area contributed by atoms with E-state index in [0.717, 1.165) is 17.5 Å². The fourth-order valence-electron chi connectivity index (χ4n) is 3.93. The van der Waals surface area contributed by atoms with Gasteiger partial charge in [0, 0.05) is 25.6 Å². The molecule has 0 unspecified atom stereocenters. The van der Waals surface area contributed by atoms with Crippen molar-refractivity contribution in [3.8, 4) is 0 Å². The summed E-state index contributed by atoms with van der Waals surface area (Å²) in [7, 11) is -3.51. The predicted octanol–water partition coefficient (Wildman–Crippen LogP) is 4.26. The first-order valence-electron chi connectivity index (χ1n) is 12.2. The fourth-order valence-corrected chi connectivity index (χ4v) is 4.88. The van der Waals surface area contributed by atoms with Gasteiger partial charge in [0.25, 0.3) is 0 Å². The molecule has 0 heterocycles. The van der Waals surface area contributed by atoms with E-state index in [4.69, 9.17) is 0 Å². The van der Waals surface area contributed by atoms with Gasteiger partial charge in [-0.15, -0.1) is 0 Å². The predicted molar refractivity (Wildman–Crippen MR) is 142 cm³/mol. The number of carbonyl (C=O) groups excluding carboxylic acids is 2. The van der Waals surface area contributed by atoms with E-state index in [0.29, 0.717) is 25.1 Å². The van der Waals surface area contributed by atoms with Crippen molar-refractivity contribution in [1.29, 1.82) is 0 Å². The smallest absolute Gasteiger partial charge is 0.243 e. The number of amides is 2. The van der Waals surface area contributed by atoms with Gasteiger partial charge in [-0.05, 0) is 56.4 Å². The van der Waals surface area contributed by atoms with Crippen LogP contribution in [0.4, 0.5) is 5.69 Å². The second-order valence-corrected chi connectivity index (χ2v) is 10.9. The molecule has 0 aliphatic heterocycles. The minimum atomic E-state index is -3.51. The third kappa shape index (κ3) is 8.69. The Kier molecular flexibility index (Phi) is 10.8. The Labute approximate surface area is 210 Å². The molecule has 8 heteroatoms. The molecule has 2 atom stereocenters. The van der Waals surface area contributed by atoms with Crippen LogP contribution in [0.25, 0.3) is 0 Å². The molecule has 0 aromatic heterocycles. The number of rotatable bonds is 13. The van der Waals surface area contributed by atoms with E-state index in [1.165, 1.54) is 10.6 Å². The average molecular weight is 502 g/mol. The standard InChI is InChI=1S/C27H39N3O4S/c1-6-22(4)28-27(32)25(7-2)29(20-23-14-9-8-10-15-23)26(31)17-12-18-30(35(5,33)34)24-16-11-13-21(3)19-24/h8-11,13-16,19,22,25H,6-7,12,17-18,20H2,1-5H3,(H,28,32)/t22-,25-/m1/s1. The molecule has 0 radical (unpaired) electrons. The average Bonchev–Trinajstić information content (AvgIpc) is 2.81. The van der Waals surface area contributed by atoms with Gasteiger partial charge in [0.2, 0.25) is 21.8 Å². The van der Waals surface area contributed by atoms with Gasteiger partial charge in [-0.25, -0.2) is 8.42 Å². The second-order valence-electron chi connectivity index (χ2n) is 9.03. The molecule has 0 fully saturated rings. The largest absolute Gasteiger partial charge is 0.352 e. The summed E-state index contributed by atoms with van der Waals surface area (Å²) >= 11 is 0. The number of carbonyl (C=O) groups is 2.